The van der Waals surface area contributed by atoms with Crippen molar-refractivity contribution in [1.29, 1.82) is 0 Å². The van der Waals surface area contributed by atoms with Crippen molar-refractivity contribution in [3.8, 4) is 5.95 Å². The zero-order valence-electron chi connectivity index (χ0n) is 12.6. The van der Waals surface area contributed by atoms with Crippen LogP contribution in [0.3, 0.4) is 0 Å². The van der Waals surface area contributed by atoms with Gasteiger partial charge < -0.3 is 0 Å². The number of nitrogens with one attached hydrogen (secondary N) is 2. The van der Waals surface area contributed by atoms with Gasteiger partial charge in [-0.1, -0.05) is 11.3 Å². The number of anilines is 1. The number of hydrogen-bond donors (Lipinski definition) is 2. The molecule has 3 aromatic heterocycles. The number of amides is 1. The number of rotatable bonds is 3. The minimum Gasteiger partial charge on any atom is -0.296 e. The molecule has 0 bridgehead atoms. The Hall–Kier alpha value is -2.88. The summed E-state index contributed by atoms with van der Waals surface area (Å²) in [5.74, 6) is -0.0850. The Morgan fingerprint density at radius 2 is 2.09 bits per heavy atom. The molecule has 0 unspecified atom stereocenters. The van der Waals surface area contributed by atoms with Gasteiger partial charge in [0.2, 0.25) is 11.1 Å². The Labute approximate surface area is 134 Å². The zero-order valence-corrected chi connectivity index (χ0v) is 13.4. The van der Waals surface area contributed by atoms with E-state index in [1.807, 2.05) is 0 Å². The van der Waals surface area contributed by atoms with Gasteiger partial charge in [-0.25, -0.2) is 9.67 Å². The highest BCUT2D eigenvalue weighted by molar-refractivity contribution is 7.15. The van der Waals surface area contributed by atoms with E-state index in [0.717, 1.165) is 5.01 Å². The second kappa shape index (κ2) is 5.72. The largest absolute Gasteiger partial charge is 0.296 e. The van der Waals surface area contributed by atoms with Gasteiger partial charge in [0.25, 0.3) is 11.5 Å². The van der Waals surface area contributed by atoms with E-state index in [2.05, 4.69) is 30.6 Å². The van der Waals surface area contributed by atoms with Crippen LogP contribution in [0.5, 0.6) is 0 Å². The van der Waals surface area contributed by atoms with Crippen LogP contribution in [-0.2, 0) is 0 Å². The smallest absolute Gasteiger partial charge is 0.260 e. The Morgan fingerprint density at radius 3 is 2.74 bits per heavy atom. The second-order valence-electron chi connectivity index (χ2n) is 4.85. The normalized spacial score (nSPS) is 10.7. The minimum atomic E-state index is -0.347. The molecular formula is C13H13N7O2S. The molecule has 3 heterocycles. The molecule has 2 N–H and O–H groups in total. The first-order valence-electron chi connectivity index (χ1n) is 6.68. The Kier molecular flexibility index (Phi) is 3.74. The van der Waals surface area contributed by atoms with Crippen molar-refractivity contribution in [2.24, 2.45) is 0 Å². The quantitative estimate of drug-likeness (QED) is 0.738. The fraction of sp³-hybridized carbons (Fsp3) is 0.231. The van der Waals surface area contributed by atoms with Crippen LogP contribution >= 0.6 is 11.3 Å². The van der Waals surface area contributed by atoms with E-state index in [1.54, 1.807) is 20.8 Å². The molecule has 0 atom stereocenters. The van der Waals surface area contributed by atoms with E-state index in [1.165, 1.54) is 28.3 Å². The lowest BCUT2D eigenvalue weighted by molar-refractivity contribution is 0.102. The highest BCUT2D eigenvalue weighted by atomic mass is 32.1. The number of aromatic nitrogens is 6. The molecule has 0 spiro atoms. The third-order valence-corrected chi connectivity index (χ3v) is 3.81. The van der Waals surface area contributed by atoms with Gasteiger partial charge in [0.1, 0.15) is 5.01 Å². The van der Waals surface area contributed by atoms with Gasteiger partial charge in [-0.15, -0.1) is 10.2 Å². The van der Waals surface area contributed by atoms with E-state index in [9.17, 15) is 9.59 Å². The van der Waals surface area contributed by atoms with Crippen LogP contribution in [0.1, 0.15) is 26.8 Å². The Morgan fingerprint density at radius 1 is 1.30 bits per heavy atom. The summed E-state index contributed by atoms with van der Waals surface area (Å²) in [5, 5.41) is 15.7. The van der Waals surface area contributed by atoms with Crippen molar-refractivity contribution < 1.29 is 4.79 Å². The van der Waals surface area contributed by atoms with Crippen molar-refractivity contribution in [3.63, 3.8) is 0 Å². The van der Waals surface area contributed by atoms with Gasteiger partial charge in [-0.05, 0) is 20.8 Å². The average Bonchev–Trinajstić information content (AvgIpc) is 3.04. The molecule has 0 aliphatic heterocycles. The van der Waals surface area contributed by atoms with Crippen LogP contribution < -0.4 is 10.9 Å². The molecule has 1 amide bonds. The Balaban J connectivity index is 1.92. The monoisotopic (exact) mass is 331 g/mol. The van der Waals surface area contributed by atoms with Crippen LogP contribution in [0, 0.1) is 20.8 Å². The van der Waals surface area contributed by atoms with E-state index in [-0.39, 0.29) is 17.4 Å². The molecule has 0 aliphatic carbocycles. The topological polar surface area (TPSA) is 118 Å². The van der Waals surface area contributed by atoms with Gasteiger partial charge in [0.05, 0.1) is 17.5 Å². The number of aryl methyl sites for hydroxylation is 2. The van der Waals surface area contributed by atoms with Gasteiger partial charge in [-0.3, -0.25) is 19.9 Å². The SMILES string of the molecule is Cc1cc(=O)[nH]c(-n2ncc(C(=O)Nc3nnc(C)s3)c2C)n1. The predicted octanol–water partition coefficient (Wildman–Crippen LogP) is 0.985. The number of hydrogen-bond acceptors (Lipinski definition) is 7. The zero-order chi connectivity index (χ0) is 16.6. The van der Waals surface area contributed by atoms with Gasteiger partial charge in [0, 0.05) is 11.8 Å². The molecular weight excluding hydrogens is 318 g/mol. The summed E-state index contributed by atoms with van der Waals surface area (Å²) in [6, 6.07) is 1.38. The third-order valence-electron chi connectivity index (χ3n) is 3.06. The molecule has 118 valence electrons. The highest BCUT2D eigenvalue weighted by Crippen LogP contribution is 2.17. The van der Waals surface area contributed by atoms with Crippen LogP contribution in [0.15, 0.2) is 17.1 Å². The lowest BCUT2D eigenvalue weighted by Gasteiger charge is -2.05. The average molecular weight is 331 g/mol. The Bertz CT molecular complexity index is 940. The molecule has 0 saturated heterocycles. The molecule has 0 saturated carbocycles. The summed E-state index contributed by atoms with van der Waals surface area (Å²) >= 11 is 1.28. The van der Waals surface area contributed by atoms with Gasteiger partial charge >= 0.3 is 0 Å². The maximum Gasteiger partial charge on any atom is 0.260 e. The molecule has 0 aliphatic rings. The molecule has 23 heavy (non-hydrogen) atoms. The van der Waals surface area contributed by atoms with Gasteiger partial charge in [0.15, 0.2) is 0 Å². The second-order valence-corrected chi connectivity index (χ2v) is 6.03. The minimum absolute atomic E-state index is 0.262. The molecule has 0 aromatic carbocycles. The van der Waals surface area contributed by atoms with Crippen molar-refractivity contribution in [2.45, 2.75) is 20.8 Å². The van der Waals surface area contributed by atoms with Crippen molar-refractivity contribution in [3.05, 3.63) is 44.6 Å². The number of aromatic amines is 1. The summed E-state index contributed by atoms with van der Waals surface area (Å²) in [4.78, 5) is 30.7. The third kappa shape index (κ3) is 3.01. The lowest BCUT2D eigenvalue weighted by Crippen LogP contribution is -2.16. The standard InChI is InChI=1S/C13H13N7O2S/c1-6-4-10(21)16-12(15-6)20-7(2)9(5-14-20)11(22)17-13-19-18-8(3)23-13/h4-5H,1-3H3,(H,15,16,21)(H,17,19,22). The van der Waals surface area contributed by atoms with Gasteiger partial charge in [-0.2, -0.15) is 5.10 Å². The first kappa shape index (κ1) is 15.0. The summed E-state index contributed by atoms with van der Waals surface area (Å²) in [6.07, 6.45) is 1.42. The predicted molar refractivity (Wildman–Crippen MR) is 84.1 cm³/mol. The summed E-state index contributed by atoms with van der Waals surface area (Å²) in [7, 11) is 0. The summed E-state index contributed by atoms with van der Waals surface area (Å²) < 4.78 is 1.41. The maximum absolute atomic E-state index is 12.3. The van der Waals surface area contributed by atoms with E-state index in [4.69, 9.17) is 0 Å². The van der Waals surface area contributed by atoms with Crippen LogP contribution in [-0.4, -0.2) is 35.9 Å². The van der Waals surface area contributed by atoms with Crippen LogP contribution in [0.2, 0.25) is 0 Å². The molecule has 10 heteroatoms. The van der Waals surface area contributed by atoms with E-state index in [0.29, 0.717) is 22.1 Å². The highest BCUT2D eigenvalue weighted by Gasteiger charge is 2.17. The van der Waals surface area contributed by atoms with Crippen molar-refractivity contribution >= 4 is 22.4 Å². The molecule has 9 nitrogen and oxygen atoms in total. The number of carbonyl (C=O) groups excluding carboxylic acids is 1. The van der Waals surface area contributed by atoms with Crippen molar-refractivity contribution in [2.75, 3.05) is 5.32 Å². The lowest BCUT2D eigenvalue weighted by atomic mass is 10.2. The molecule has 3 aromatic rings. The van der Waals surface area contributed by atoms with Crippen LogP contribution in [0.25, 0.3) is 5.95 Å². The number of nitrogens with zero attached hydrogens (tertiary/aromatic N) is 5. The first-order chi connectivity index (χ1) is 10.9. The summed E-state index contributed by atoms with van der Waals surface area (Å²) in [6.45, 7) is 5.23. The fourth-order valence-electron chi connectivity index (χ4n) is 2.02. The molecule has 3 rings (SSSR count). The summed E-state index contributed by atoms with van der Waals surface area (Å²) in [5.41, 5.74) is 1.20. The van der Waals surface area contributed by atoms with Crippen LogP contribution in [0.4, 0.5) is 5.13 Å². The van der Waals surface area contributed by atoms with E-state index >= 15 is 0 Å². The molecule has 0 radical (unpaired) electrons. The van der Waals surface area contributed by atoms with E-state index < -0.39 is 0 Å². The number of carbonyl (C=O) groups is 1. The fourth-order valence-corrected chi connectivity index (χ4v) is 2.61. The molecule has 0 fully saturated rings. The maximum atomic E-state index is 12.3. The first-order valence-corrected chi connectivity index (χ1v) is 7.50. The van der Waals surface area contributed by atoms with Crippen molar-refractivity contribution in [1.82, 2.24) is 29.9 Å². The number of H-pyrrole nitrogens is 1.